The average molecular weight is 570 g/mol. The van der Waals surface area contributed by atoms with E-state index in [1.165, 1.54) is 6.20 Å². The van der Waals surface area contributed by atoms with Crippen LogP contribution in [0.2, 0.25) is 0 Å². The van der Waals surface area contributed by atoms with Crippen LogP contribution in [0.25, 0.3) is 22.3 Å². The molecule has 5 rings (SSSR count). The minimum absolute atomic E-state index is 0.215. The molecule has 10 nitrogen and oxygen atoms in total. The molecule has 0 radical (unpaired) electrons. The molecule has 0 bridgehead atoms. The lowest BCUT2D eigenvalue weighted by Gasteiger charge is -2.33. The number of halogens is 2. The second-order valence-electron chi connectivity index (χ2n) is 9.70. The van der Waals surface area contributed by atoms with Gasteiger partial charge in [0.05, 0.1) is 23.3 Å². The van der Waals surface area contributed by atoms with Crippen LogP contribution in [-0.4, -0.2) is 73.2 Å². The number of nitrogens with one attached hydrogen (secondary N) is 3. The van der Waals surface area contributed by atoms with Gasteiger partial charge in [0.2, 0.25) is 10.0 Å². The number of aromatic nitrogens is 3. The number of aromatic amines is 1. The summed E-state index contributed by atoms with van der Waals surface area (Å²) >= 11 is 0. The molecule has 0 aliphatic carbocycles. The van der Waals surface area contributed by atoms with Crippen LogP contribution >= 0.6 is 0 Å². The first-order valence-electron chi connectivity index (χ1n) is 12.8. The highest BCUT2D eigenvalue weighted by Crippen LogP contribution is 2.28. The second kappa shape index (κ2) is 11.2. The number of pyridine rings is 2. The van der Waals surface area contributed by atoms with Crippen LogP contribution in [0.3, 0.4) is 0 Å². The molecule has 0 unspecified atom stereocenters. The van der Waals surface area contributed by atoms with E-state index in [2.05, 4.69) is 41.8 Å². The number of rotatable bonds is 8. The third-order valence-corrected chi connectivity index (χ3v) is 8.14. The summed E-state index contributed by atoms with van der Waals surface area (Å²) in [5, 5.41) is 3.13. The Balaban J connectivity index is 1.36. The summed E-state index contributed by atoms with van der Waals surface area (Å²) in [4.78, 5) is 29.5. The fourth-order valence-electron chi connectivity index (χ4n) is 4.55. The largest absolute Gasteiger partial charge is 0.354 e. The highest BCUT2D eigenvalue weighted by atomic mass is 32.2. The van der Waals surface area contributed by atoms with Gasteiger partial charge in [-0.2, -0.15) is 0 Å². The van der Waals surface area contributed by atoms with Gasteiger partial charge >= 0.3 is 0 Å². The van der Waals surface area contributed by atoms with Gasteiger partial charge in [0.25, 0.3) is 5.91 Å². The first-order valence-corrected chi connectivity index (χ1v) is 14.5. The summed E-state index contributed by atoms with van der Waals surface area (Å²) in [6, 6.07) is 9.18. The number of fused-ring (bicyclic) bond motifs is 1. The minimum atomic E-state index is -3.84. The van der Waals surface area contributed by atoms with E-state index in [0.717, 1.165) is 55.4 Å². The number of nitrogens with zero attached hydrogens (tertiary/aromatic N) is 4. The van der Waals surface area contributed by atoms with Crippen LogP contribution in [0.5, 0.6) is 0 Å². The van der Waals surface area contributed by atoms with E-state index >= 15 is 4.39 Å². The molecule has 13 heteroatoms. The molecule has 0 atom stereocenters. The van der Waals surface area contributed by atoms with Gasteiger partial charge < -0.3 is 20.1 Å². The summed E-state index contributed by atoms with van der Waals surface area (Å²) in [6.45, 7) is 5.35. The molecule has 0 saturated carbocycles. The first kappa shape index (κ1) is 27.5. The maximum atomic E-state index is 15.0. The van der Waals surface area contributed by atoms with Crippen molar-refractivity contribution >= 4 is 44.2 Å². The average Bonchev–Trinajstić information content (AvgIpc) is 3.34. The Morgan fingerprint density at radius 1 is 1.07 bits per heavy atom. The zero-order valence-corrected chi connectivity index (χ0v) is 22.9. The van der Waals surface area contributed by atoms with Gasteiger partial charge in [0.1, 0.15) is 22.8 Å². The molecule has 210 valence electrons. The highest BCUT2D eigenvalue weighted by Gasteiger charge is 2.23. The molecular weight excluding hydrogens is 540 g/mol. The summed E-state index contributed by atoms with van der Waals surface area (Å²) in [6.07, 6.45) is 3.43. The van der Waals surface area contributed by atoms with Crippen molar-refractivity contribution in [3.63, 3.8) is 0 Å². The smallest absolute Gasteiger partial charge is 0.261 e. The van der Waals surface area contributed by atoms with Crippen molar-refractivity contribution < 1.29 is 22.0 Å². The van der Waals surface area contributed by atoms with Crippen molar-refractivity contribution in [2.45, 2.75) is 13.3 Å². The summed E-state index contributed by atoms with van der Waals surface area (Å²) < 4.78 is 55.7. The fraction of sp³-hybridized carbons (Fsp3) is 0.296. The third-order valence-electron chi connectivity index (χ3n) is 6.67. The topological polar surface area (TPSA) is 123 Å². The lowest BCUT2D eigenvalue weighted by molar-refractivity contribution is 0.101. The number of hydrogen-bond donors (Lipinski definition) is 3. The van der Waals surface area contributed by atoms with E-state index in [-0.39, 0.29) is 11.4 Å². The molecule has 4 aromatic rings. The first-order chi connectivity index (χ1) is 19.1. The van der Waals surface area contributed by atoms with Crippen LogP contribution in [0.1, 0.15) is 23.7 Å². The number of sulfonamides is 1. The number of hydrogen-bond acceptors (Lipinski definition) is 7. The normalized spacial score (nSPS) is 14.4. The van der Waals surface area contributed by atoms with Crippen LogP contribution in [-0.2, 0) is 10.0 Å². The quantitative estimate of drug-likeness (QED) is 0.292. The molecule has 40 heavy (non-hydrogen) atoms. The Bertz CT molecular complexity index is 1670. The third kappa shape index (κ3) is 5.89. The Labute approximate surface area is 230 Å². The summed E-state index contributed by atoms with van der Waals surface area (Å²) in [5.74, 6) is -2.86. The van der Waals surface area contributed by atoms with E-state index in [1.807, 2.05) is 18.2 Å². The zero-order valence-electron chi connectivity index (χ0n) is 22.0. The van der Waals surface area contributed by atoms with Gasteiger partial charge in [-0.3, -0.25) is 9.52 Å². The molecule has 1 aromatic carbocycles. The summed E-state index contributed by atoms with van der Waals surface area (Å²) in [5.41, 5.74) is 1.09. The number of carbonyl (C=O) groups excluding carboxylic acids is 1. The van der Waals surface area contributed by atoms with Gasteiger partial charge in [-0.15, -0.1) is 0 Å². The van der Waals surface area contributed by atoms with Crippen molar-refractivity contribution in [1.29, 1.82) is 0 Å². The van der Waals surface area contributed by atoms with E-state index in [1.54, 1.807) is 19.2 Å². The minimum Gasteiger partial charge on any atom is -0.354 e. The summed E-state index contributed by atoms with van der Waals surface area (Å²) in [7, 11) is -1.75. The molecular formula is C27H29F2N7O3S. The fourth-order valence-corrected chi connectivity index (χ4v) is 5.69. The van der Waals surface area contributed by atoms with E-state index < -0.39 is 38.8 Å². The van der Waals surface area contributed by atoms with Gasteiger partial charge in [-0.1, -0.05) is 6.92 Å². The van der Waals surface area contributed by atoms with Crippen LogP contribution in [0.4, 0.5) is 26.0 Å². The van der Waals surface area contributed by atoms with Crippen molar-refractivity contribution in [1.82, 2.24) is 19.9 Å². The van der Waals surface area contributed by atoms with Crippen LogP contribution in [0, 0.1) is 11.6 Å². The number of H-pyrrole nitrogens is 1. The Kier molecular flexibility index (Phi) is 7.68. The van der Waals surface area contributed by atoms with Crippen LogP contribution < -0.4 is 14.9 Å². The highest BCUT2D eigenvalue weighted by molar-refractivity contribution is 7.92. The maximum absolute atomic E-state index is 15.0. The van der Waals surface area contributed by atoms with Gasteiger partial charge in [0, 0.05) is 49.0 Å². The molecule has 3 aromatic heterocycles. The van der Waals surface area contributed by atoms with Crippen molar-refractivity contribution in [2.75, 3.05) is 53.9 Å². The van der Waals surface area contributed by atoms with Crippen molar-refractivity contribution in [3.05, 3.63) is 66.0 Å². The van der Waals surface area contributed by atoms with Gasteiger partial charge in [-0.05, 0) is 49.9 Å². The molecule has 1 aliphatic rings. The molecule has 0 spiro atoms. The van der Waals surface area contributed by atoms with E-state index in [0.29, 0.717) is 17.5 Å². The lowest BCUT2D eigenvalue weighted by Crippen LogP contribution is -2.44. The van der Waals surface area contributed by atoms with E-state index in [4.69, 9.17) is 0 Å². The van der Waals surface area contributed by atoms with Crippen LogP contribution in [0.15, 0.2) is 48.8 Å². The van der Waals surface area contributed by atoms with E-state index in [9.17, 15) is 17.6 Å². The SMILES string of the molecule is CCCS(=O)(=O)Nc1ccc(F)c(C(=O)Nc2cnc3[nH]c(-c4ccnc(N5CCN(C)CC5)c4)cc3c2)c1F. The maximum Gasteiger partial charge on any atom is 0.261 e. The van der Waals surface area contributed by atoms with Crippen molar-refractivity contribution in [2.24, 2.45) is 0 Å². The Morgan fingerprint density at radius 2 is 1.85 bits per heavy atom. The monoisotopic (exact) mass is 569 g/mol. The standard InChI is InChI=1S/C27H29F2N7O3S/c1-3-12-40(38,39)34-21-5-4-20(28)24(25(21)29)27(37)32-19-13-18-14-22(33-26(18)31-16-19)17-6-7-30-23(15-17)36-10-8-35(2)9-11-36/h4-7,13-16,34H,3,8-12H2,1-2H3,(H,31,33)(H,32,37). The molecule has 3 N–H and O–H groups in total. The molecule has 4 heterocycles. The Morgan fingerprint density at radius 3 is 2.60 bits per heavy atom. The van der Waals surface area contributed by atoms with Gasteiger partial charge in [-0.25, -0.2) is 27.2 Å². The predicted octanol–water partition coefficient (Wildman–Crippen LogP) is 4.06. The molecule has 1 fully saturated rings. The molecule has 1 aliphatic heterocycles. The lowest BCUT2D eigenvalue weighted by atomic mass is 10.1. The molecule has 1 saturated heterocycles. The zero-order chi connectivity index (χ0) is 28.4. The number of benzene rings is 1. The number of likely N-dealkylation sites (N-methyl/N-ethyl adjacent to an activating group) is 1. The number of amides is 1. The molecule has 1 amide bonds. The van der Waals surface area contributed by atoms with Crippen molar-refractivity contribution in [3.8, 4) is 11.3 Å². The Hall–Kier alpha value is -4.10. The number of anilines is 3. The number of piperazine rings is 1. The second-order valence-corrected chi connectivity index (χ2v) is 11.5. The predicted molar refractivity (Wildman–Crippen MR) is 151 cm³/mol. The van der Waals surface area contributed by atoms with Gasteiger partial charge in [0.15, 0.2) is 5.82 Å². The number of carbonyl (C=O) groups is 1.